The quantitative estimate of drug-likeness (QED) is 0.741. The van der Waals surface area contributed by atoms with Crippen molar-refractivity contribution in [1.82, 2.24) is 0 Å². The molecule has 6 heteroatoms. The highest BCUT2D eigenvalue weighted by molar-refractivity contribution is 7.80. The van der Waals surface area contributed by atoms with Crippen molar-refractivity contribution in [3.05, 3.63) is 53.6 Å². The highest BCUT2D eigenvalue weighted by Gasteiger charge is 2.24. The highest BCUT2D eigenvalue weighted by Crippen LogP contribution is 2.36. The first-order valence-electron chi connectivity index (χ1n) is 7.03. The molecule has 0 bridgehead atoms. The Morgan fingerprint density at radius 3 is 2.82 bits per heavy atom. The lowest BCUT2D eigenvalue weighted by Crippen LogP contribution is -2.04. The minimum atomic E-state index is -2.11. The van der Waals surface area contributed by atoms with Gasteiger partial charge in [0.15, 0.2) is 0 Å². The molecule has 0 fully saturated rings. The van der Waals surface area contributed by atoms with Crippen LogP contribution in [0.25, 0.3) is 0 Å². The van der Waals surface area contributed by atoms with E-state index in [0.29, 0.717) is 11.4 Å². The lowest BCUT2D eigenvalue weighted by Gasteiger charge is -2.11. The van der Waals surface area contributed by atoms with E-state index in [4.69, 9.17) is 9.29 Å². The summed E-state index contributed by atoms with van der Waals surface area (Å²) in [4.78, 5) is 0. The third kappa shape index (κ3) is 3.30. The lowest BCUT2D eigenvalue weighted by atomic mass is 10.1. The van der Waals surface area contributed by atoms with Gasteiger partial charge < -0.3 is 9.84 Å². The molecule has 2 atom stereocenters. The first kappa shape index (κ1) is 15.0. The minimum absolute atomic E-state index is 0.176. The molecule has 0 heterocycles. The fourth-order valence-corrected chi connectivity index (χ4v) is 3.11. The SMILES string of the molecule is O=S(O)Nc1cccc(Oc2cccc3c2CC(CO)C3)c1. The van der Waals surface area contributed by atoms with Crippen LogP contribution in [0.2, 0.25) is 0 Å². The van der Waals surface area contributed by atoms with E-state index in [9.17, 15) is 9.32 Å². The molecule has 3 N–H and O–H groups in total. The smallest absolute Gasteiger partial charge is 0.259 e. The number of hydrogen-bond acceptors (Lipinski definition) is 3. The summed E-state index contributed by atoms with van der Waals surface area (Å²) in [5.74, 6) is 1.62. The molecule has 1 aliphatic rings. The summed E-state index contributed by atoms with van der Waals surface area (Å²) in [5, 5.41) is 9.34. The zero-order valence-corrected chi connectivity index (χ0v) is 12.7. The minimum Gasteiger partial charge on any atom is -0.457 e. The van der Waals surface area contributed by atoms with E-state index >= 15 is 0 Å². The van der Waals surface area contributed by atoms with E-state index in [1.54, 1.807) is 24.3 Å². The first-order chi connectivity index (χ1) is 10.7. The highest BCUT2D eigenvalue weighted by atomic mass is 32.2. The number of hydrogen-bond donors (Lipinski definition) is 3. The van der Waals surface area contributed by atoms with E-state index in [0.717, 1.165) is 24.2 Å². The van der Waals surface area contributed by atoms with Gasteiger partial charge in [0.25, 0.3) is 11.3 Å². The number of benzene rings is 2. The van der Waals surface area contributed by atoms with Gasteiger partial charge in [-0.15, -0.1) is 0 Å². The average molecular weight is 319 g/mol. The molecule has 0 spiro atoms. The maximum absolute atomic E-state index is 10.8. The monoisotopic (exact) mass is 319 g/mol. The molecule has 2 aromatic carbocycles. The third-order valence-corrected chi connectivity index (χ3v) is 4.17. The summed E-state index contributed by atoms with van der Waals surface area (Å²) in [7, 11) is 0. The van der Waals surface area contributed by atoms with Crippen LogP contribution in [0.1, 0.15) is 11.1 Å². The van der Waals surface area contributed by atoms with Crippen LogP contribution in [0, 0.1) is 5.92 Å². The Morgan fingerprint density at radius 1 is 1.23 bits per heavy atom. The molecule has 0 saturated carbocycles. The van der Waals surface area contributed by atoms with Gasteiger partial charge in [-0.25, -0.2) is 4.21 Å². The number of nitrogens with one attached hydrogen (secondary N) is 1. The number of ether oxygens (including phenoxy) is 1. The fourth-order valence-electron chi connectivity index (χ4n) is 2.78. The second kappa shape index (κ2) is 6.48. The van der Waals surface area contributed by atoms with Crippen molar-refractivity contribution in [2.45, 2.75) is 12.8 Å². The van der Waals surface area contributed by atoms with Crippen molar-refractivity contribution < 1.29 is 18.6 Å². The van der Waals surface area contributed by atoms with Crippen LogP contribution >= 0.6 is 0 Å². The van der Waals surface area contributed by atoms with Gasteiger partial charge in [0.1, 0.15) is 11.5 Å². The molecule has 1 aliphatic carbocycles. The Labute approximate surface area is 131 Å². The van der Waals surface area contributed by atoms with Gasteiger partial charge in [-0.2, -0.15) is 0 Å². The third-order valence-electron chi connectivity index (χ3n) is 3.76. The summed E-state index contributed by atoms with van der Waals surface area (Å²) >= 11 is -2.11. The Bertz CT molecular complexity index is 704. The lowest BCUT2D eigenvalue weighted by molar-refractivity contribution is 0.232. The Kier molecular flexibility index (Phi) is 4.42. The number of rotatable bonds is 5. The normalized spacial score (nSPS) is 17.8. The van der Waals surface area contributed by atoms with Gasteiger partial charge in [-0.05, 0) is 48.1 Å². The topological polar surface area (TPSA) is 78.8 Å². The van der Waals surface area contributed by atoms with Crippen LogP contribution in [-0.2, 0) is 24.1 Å². The molecular formula is C16H17NO4S. The van der Waals surface area contributed by atoms with E-state index < -0.39 is 11.3 Å². The Hall–Kier alpha value is -1.89. The van der Waals surface area contributed by atoms with Crippen molar-refractivity contribution in [3.63, 3.8) is 0 Å². The Balaban J connectivity index is 1.83. The van der Waals surface area contributed by atoms with Crippen LogP contribution in [0.5, 0.6) is 11.5 Å². The van der Waals surface area contributed by atoms with Crippen LogP contribution in [0.4, 0.5) is 5.69 Å². The van der Waals surface area contributed by atoms with Crippen LogP contribution in [0.15, 0.2) is 42.5 Å². The largest absolute Gasteiger partial charge is 0.457 e. The molecule has 0 aliphatic heterocycles. The number of aliphatic hydroxyl groups is 1. The van der Waals surface area contributed by atoms with Gasteiger partial charge in [-0.3, -0.25) is 9.27 Å². The van der Waals surface area contributed by atoms with Gasteiger partial charge >= 0.3 is 0 Å². The number of anilines is 1. The summed E-state index contributed by atoms with van der Waals surface area (Å²) in [6.07, 6.45) is 1.68. The van der Waals surface area contributed by atoms with Crippen molar-refractivity contribution in [3.8, 4) is 11.5 Å². The second-order valence-corrected chi connectivity index (χ2v) is 6.03. The zero-order valence-electron chi connectivity index (χ0n) is 11.9. The van der Waals surface area contributed by atoms with Crippen LogP contribution in [0.3, 0.4) is 0 Å². The molecule has 2 unspecified atom stereocenters. The molecule has 0 amide bonds. The standard InChI is InChI=1S/C16H17NO4S/c18-10-11-7-12-3-1-6-16(15(12)8-11)21-14-5-2-4-13(9-14)17-22(19)20/h1-6,9,11,17-18H,7-8,10H2,(H,19,20). The van der Waals surface area contributed by atoms with Gasteiger partial charge in [-0.1, -0.05) is 18.2 Å². The fraction of sp³-hybridized carbons (Fsp3) is 0.250. The van der Waals surface area contributed by atoms with Crippen molar-refractivity contribution in [2.24, 2.45) is 5.92 Å². The molecule has 22 heavy (non-hydrogen) atoms. The van der Waals surface area contributed by atoms with E-state index in [-0.39, 0.29) is 12.5 Å². The summed E-state index contributed by atoms with van der Waals surface area (Å²) in [6, 6.07) is 12.8. The van der Waals surface area contributed by atoms with Gasteiger partial charge in [0, 0.05) is 12.7 Å². The average Bonchev–Trinajstić information content (AvgIpc) is 2.91. The van der Waals surface area contributed by atoms with Crippen molar-refractivity contribution in [2.75, 3.05) is 11.3 Å². The maximum atomic E-state index is 10.8. The van der Waals surface area contributed by atoms with Crippen LogP contribution < -0.4 is 9.46 Å². The van der Waals surface area contributed by atoms with E-state index in [1.807, 2.05) is 12.1 Å². The second-order valence-electron chi connectivity index (χ2n) is 5.33. The molecule has 116 valence electrons. The molecule has 0 aromatic heterocycles. The predicted molar refractivity (Wildman–Crippen MR) is 85.3 cm³/mol. The summed E-state index contributed by atoms with van der Waals surface area (Å²) in [6.45, 7) is 0.176. The molecule has 0 radical (unpaired) electrons. The van der Waals surface area contributed by atoms with Gasteiger partial charge in [0.2, 0.25) is 0 Å². The number of fused-ring (bicyclic) bond motifs is 1. The zero-order chi connectivity index (χ0) is 15.5. The van der Waals surface area contributed by atoms with E-state index in [1.165, 1.54) is 5.56 Å². The number of aliphatic hydroxyl groups excluding tert-OH is 1. The van der Waals surface area contributed by atoms with Crippen molar-refractivity contribution >= 4 is 17.0 Å². The predicted octanol–water partition coefficient (Wildman–Crippen LogP) is 2.73. The molecular weight excluding hydrogens is 302 g/mol. The Morgan fingerprint density at radius 2 is 2.05 bits per heavy atom. The van der Waals surface area contributed by atoms with E-state index in [2.05, 4.69) is 10.8 Å². The van der Waals surface area contributed by atoms with Gasteiger partial charge in [0.05, 0.1) is 5.69 Å². The van der Waals surface area contributed by atoms with Crippen LogP contribution in [-0.4, -0.2) is 20.5 Å². The molecule has 3 rings (SSSR count). The molecule has 2 aromatic rings. The van der Waals surface area contributed by atoms with Crippen molar-refractivity contribution in [1.29, 1.82) is 0 Å². The molecule has 5 nitrogen and oxygen atoms in total. The molecule has 0 saturated heterocycles. The summed E-state index contributed by atoms with van der Waals surface area (Å²) in [5.41, 5.74) is 2.85. The first-order valence-corrected chi connectivity index (χ1v) is 8.13. The summed E-state index contributed by atoms with van der Waals surface area (Å²) < 4.78 is 28.0. The maximum Gasteiger partial charge on any atom is 0.259 e.